The average molecular weight is 232 g/mol. The normalized spacial score (nSPS) is 19.9. The molecule has 1 atom stereocenters. The summed E-state index contributed by atoms with van der Waals surface area (Å²) < 4.78 is 13.7. The third-order valence-electron chi connectivity index (χ3n) is 3.11. The van der Waals surface area contributed by atoms with Gasteiger partial charge in [0.1, 0.15) is 11.3 Å². The molecule has 0 aliphatic carbocycles. The molecule has 1 unspecified atom stereocenters. The molecule has 5 heteroatoms. The van der Waals surface area contributed by atoms with Gasteiger partial charge >= 0.3 is 0 Å². The first-order valence-corrected chi connectivity index (χ1v) is 5.71. The van der Waals surface area contributed by atoms with Crippen molar-refractivity contribution in [3.8, 4) is 0 Å². The van der Waals surface area contributed by atoms with E-state index in [0.717, 1.165) is 30.5 Å². The number of anilines is 1. The molecule has 1 fully saturated rings. The van der Waals surface area contributed by atoms with Crippen molar-refractivity contribution in [3.05, 3.63) is 29.7 Å². The molecule has 0 radical (unpaired) electrons. The van der Waals surface area contributed by atoms with Crippen LogP contribution in [-0.2, 0) is 0 Å². The number of fused-ring (bicyclic) bond motifs is 1. The molecule has 0 spiro atoms. The summed E-state index contributed by atoms with van der Waals surface area (Å²) in [5, 5.41) is 4.09. The van der Waals surface area contributed by atoms with Crippen molar-refractivity contribution in [2.75, 3.05) is 12.3 Å². The fraction of sp³-hybridized carbons (Fsp3) is 0.333. The molecule has 88 valence electrons. The zero-order chi connectivity index (χ0) is 11.8. The molecule has 2 aromatic rings. The summed E-state index contributed by atoms with van der Waals surface area (Å²) in [7, 11) is 0. The molecule has 17 heavy (non-hydrogen) atoms. The lowest BCUT2D eigenvalue weighted by molar-refractivity contribution is 0.625. The molecule has 0 bridgehead atoms. The lowest BCUT2D eigenvalue weighted by atomic mass is 10.1. The van der Waals surface area contributed by atoms with Crippen molar-refractivity contribution in [1.29, 1.82) is 0 Å². The molecule has 1 saturated heterocycles. The first-order chi connectivity index (χ1) is 8.25. The van der Waals surface area contributed by atoms with E-state index < -0.39 is 0 Å². The molecule has 1 aromatic heterocycles. The summed E-state index contributed by atoms with van der Waals surface area (Å²) in [5.74, 6) is -0.220. The van der Waals surface area contributed by atoms with Gasteiger partial charge < -0.3 is 11.1 Å². The van der Waals surface area contributed by atoms with E-state index in [1.165, 1.54) is 6.07 Å². The van der Waals surface area contributed by atoms with Gasteiger partial charge in [-0.2, -0.15) is 0 Å². The molecule has 1 aliphatic heterocycles. The van der Waals surface area contributed by atoms with Crippen LogP contribution < -0.4 is 11.1 Å². The minimum atomic E-state index is -0.351. The third-order valence-corrected chi connectivity index (χ3v) is 3.11. The Balaban J connectivity index is 2.25. The van der Waals surface area contributed by atoms with E-state index >= 15 is 0 Å². The molecule has 0 saturated carbocycles. The summed E-state index contributed by atoms with van der Waals surface area (Å²) in [6.45, 7) is 0.964. The molecule has 2 heterocycles. The summed E-state index contributed by atoms with van der Waals surface area (Å²) >= 11 is 0. The second-order valence-corrected chi connectivity index (χ2v) is 4.25. The number of nitrogen functional groups attached to an aromatic ring is 1. The smallest absolute Gasteiger partial charge is 0.220 e. The van der Waals surface area contributed by atoms with Crippen molar-refractivity contribution in [3.63, 3.8) is 0 Å². The van der Waals surface area contributed by atoms with E-state index in [9.17, 15) is 4.39 Å². The topological polar surface area (TPSA) is 63.8 Å². The van der Waals surface area contributed by atoms with Crippen molar-refractivity contribution < 1.29 is 4.39 Å². The molecule has 1 aliphatic rings. The predicted molar refractivity (Wildman–Crippen MR) is 63.9 cm³/mol. The highest BCUT2D eigenvalue weighted by molar-refractivity contribution is 5.82. The number of para-hydroxylation sites is 1. The summed E-state index contributed by atoms with van der Waals surface area (Å²) in [4.78, 5) is 8.23. The minimum absolute atomic E-state index is 0.131. The van der Waals surface area contributed by atoms with Gasteiger partial charge in [0.2, 0.25) is 5.95 Å². The largest absolute Gasteiger partial charge is 0.368 e. The number of halogens is 1. The van der Waals surface area contributed by atoms with E-state index in [2.05, 4.69) is 15.3 Å². The number of hydrogen-bond acceptors (Lipinski definition) is 4. The van der Waals surface area contributed by atoms with Crippen LogP contribution in [0, 0.1) is 5.82 Å². The molecular weight excluding hydrogens is 219 g/mol. The predicted octanol–water partition coefficient (Wildman–Crippen LogP) is 1.78. The molecule has 4 nitrogen and oxygen atoms in total. The van der Waals surface area contributed by atoms with Crippen molar-refractivity contribution in [2.24, 2.45) is 0 Å². The van der Waals surface area contributed by atoms with Crippen molar-refractivity contribution in [2.45, 2.75) is 18.9 Å². The van der Waals surface area contributed by atoms with E-state index in [4.69, 9.17) is 5.73 Å². The van der Waals surface area contributed by atoms with Crippen molar-refractivity contribution >= 4 is 16.9 Å². The fourth-order valence-electron chi connectivity index (χ4n) is 2.34. The second-order valence-electron chi connectivity index (χ2n) is 4.25. The van der Waals surface area contributed by atoms with E-state index in [1.807, 2.05) is 6.07 Å². The number of nitrogens with one attached hydrogen (secondary N) is 1. The van der Waals surface area contributed by atoms with Crippen LogP contribution in [0.5, 0.6) is 0 Å². The van der Waals surface area contributed by atoms with Gasteiger partial charge in [-0.1, -0.05) is 12.1 Å². The maximum Gasteiger partial charge on any atom is 0.220 e. The SMILES string of the molecule is Nc1nc(C2CCCN2)c2cccc(F)c2n1. The highest BCUT2D eigenvalue weighted by atomic mass is 19.1. The number of benzene rings is 1. The fourth-order valence-corrected chi connectivity index (χ4v) is 2.34. The Kier molecular flexibility index (Phi) is 2.40. The standard InChI is InChI=1S/C12H13FN4/c13-8-4-1-3-7-10(8)16-12(14)17-11(7)9-5-2-6-15-9/h1,3-4,9,15H,2,5-6H2,(H2,14,16,17). The van der Waals surface area contributed by atoms with Crippen LogP contribution in [0.4, 0.5) is 10.3 Å². The van der Waals surface area contributed by atoms with Gasteiger partial charge in [0.15, 0.2) is 0 Å². The van der Waals surface area contributed by atoms with E-state index in [0.29, 0.717) is 5.52 Å². The van der Waals surface area contributed by atoms with Gasteiger partial charge in [-0.25, -0.2) is 14.4 Å². The quantitative estimate of drug-likeness (QED) is 0.786. The Hall–Kier alpha value is -1.75. The number of nitrogens with two attached hydrogens (primary N) is 1. The first-order valence-electron chi connectivity index (χ1n) is 5.71. The van der Waals surface area contributed by atoms with Gasteiger partial charge in [-0.15, -0.1) is 0 Å². The Morgan fingerprint density at radius 2 is 2.24 bits per heavy atom. The average Bonchev–Trinajstić information content (AvgIpc) is 2.83. The number of aromatic nitrogens is 2. The molecule has 3 rings (SSSR count). The highest BCUT2D eigenvalue weighted by Crippen LogP contribution is 2.28. The second kappa shape index (κ2) is 3.92. The Labute approximate surface area is 98.1 Å². The maximum atomic E-state index is 13.7. The van der Waals surface area contributed by atoms with Gasteiger partial charge in [0.05, 0.1) is 11.7 Å². The highest BCUT2D eigenvalue weighted by Gasteiger charge is 2.21. The zero-order valence-electron chi connectivity index (χ0n) is 9.28. The Bertz CT molecular complexity index is 564. The maximum absolute atomic E-state index is 13.7. The number of nitrogens with zero attached hydrogens (tertiary/aromatic N) is 2. The van der Waals surface area contributed by atoms with Gasteiger partial charge in [0, 0.05) is 5.39 Å². The van der Waals surface area contributed by atoms with Gasteiger partial charge in [-0.3, -0.25) is 0 Å². The van der Waals surface area contributed by atoms with Crippen LogP contribution in [0.25, 0.3) is 10.9 Å². The van der Waals surface area contributed by atoms with Crippen LogP contribution in [0.15, 0.2) is 18.2 Å². The lowest BCUT2D eigenvalue weighted by Crippen LogP contribution is -2.16. The first kappa shape index (κ1) is 10.4. The van der Waals surface area contributed by atoms with Crippen LogP contribution >= 0.6 is 0 Å². The summed E-state index contributed by atoms with van der Waals surface area (Å²) in [5.41, 5.74) is 6.76. The van der Waals surface area contributed by atoms with E-state index in [-0.39, 0.29) is 17.8 Å². The Morgan fingerprint density at radius 3 is 3.00 bits per heavy atom. The molecule has 0 amide bonds. The summed E-state index contributed by atoms with van der Waals surface area (Å²) in [6, 6.07) is 5.06. The lowest BCUT2D eigenvalue weighted by Gasteiger charge is -2.13. The van der Waals surface area contributed by atoms with Crippen LogP contribution in [0.1, 0.15) is 24.6 Å². The number of hydrogen-bond donors (Lipinski definition) is 2. The zero-order valence-corrected chi connectivity index (χ0v) is 9.28. The van der Waals surface area contributed by atoms with Gasteiger partial charge in [0.25, 0.3) is 0 Å². The molecule has 1 aromatic carbocycles. The summed E-state index contributed by atoms with van der Waals surface area (Å²) in [6.07, 6.45) is 2.10. The minimum Gasteiger partial charge on any atom is -0.368 e. The van der Waals surface area contributed by atoms with Crippen LogP contribution in [0.2, 0.25) is 0 Å². The van der Waals surface area contributed by atoms with Crippen LogP contribution in [0.3, 0.4) is 0 Å². The Morgan fingerprint density at radius 1 is 1.35 bits per heavy atom. The van der Waals surface area contributed by atoms with Crippen molar-refractivity contribution in [1.82, 2.24) is 15.3 Å². The van der Waals surface area contributed by atoms with Crippen LogP contribution in [-0.4, -0.2) is 16.5 Å². The monoisotopic (exact) mass is 232 g/mol. The van der Waals surface area contributed by atoms with E-state index in [1.54, 1.807) is 6.07 Å². The number of rotatable bonds is 1. The molecule has 3 N–H and O–H groups in total. The third kappa shape index (κ3) is 1.72. The molecular formula is C12H13FN4. The van der Waals surface area contributed by atoms with Gasteiger partial charge in [-0.05, 0) is 25.5 Å².